The fourth-order valence-corrected chi connectivity index (χ4v) is 6.86. The molecule has 0 heterocycles. The average Bonchev–Trinajstić information content (AvgIpc) is 3.09. The van der Waals surface area contributed by atoms with E-state index in [2.05, 4.69) is 26.0 Å². The largest absolute Gasteiger partial charge is 0.756 e. The van der Waals surface area contributed by atoms with Crippen molar-refractivity contribution in [2.75, 3.05) is 54.1 Å². The van der Waals surface area contributed by atoms with Crippen LogP contribution in [0.25, 0.3) is 0 Å². The number of carbonyl (C=O) groups excluding carboxylic acids is 1. The highest BCUT2D eigenvalue weighted by atomic mass is 31.2. The van der Waals surface area contributed by atoms with Crippen LogP contribution in [0.3, 0.4) is 0 Å². The van der Waals surface area contributed by atoms with Crippen molar-refractivity contribution < 1.29 is 37.3 Å². The van der Waals surface area contributed by atoms with Crippen LogP contribution in [-0.4, -0.2) is 70.7 Å². The number of ether oxygens (including phenoxy) is 2. The summed E-state index contributed by atoms with van der Waals surface area (Å²) in [4.78, 5) is 25.0. The van der Waals surface area contributed by atoms with Gasteiger partial charge in [0.2, 0.25) is 0 Å². The second kappa shape index (κ2) is 37.2. The molecule has 0 saturated carbocycles. The fourth-order valence-electron chi connectivity index (χ4n) is 6.13. The topological polar surface area (TPSA) is 94.1 Å². The summed E-state index contributed by atoms with van der Waals surface area (Å²) in [5.41, 5.74) is 0. The molecule has 8 nitrogen and oxygen atoms in total. The van der Waals surface area contributed by atoms with Crippen molar-refractivity contribution in [1.29, 1.82) is 0 Å². The quantitative estimate of drug-likeness (QED) is 0.0201. The summed E-state index contributed by atoms with van der Waals surface area (Å²) < 4.78 is 34.6. The first kappa shape index (κ1) is 51.2. The normalized spacial score (nSPS) is 13.9. The zero-order valence-electron chi connectivity index (χ0n) is 35.0. The highest BCUT2D eigenvalue weighted by Crippen LogP contribution is 2.38. The Bertz CT molecular complexity index is 848. The van der Waals surface area contributed by atoms with Gasteiger partial charge in [0.15, 0.2) is 0 Å². The predicted molar refractivity (Wildman–Crippen MR) is 217 cm³/mol. The van der Waals surface area contributed by atoms with Gasteiger partial charge in [-0.2, -0.15) is 0 Å². The number of nitrogens with zero attached hydrogens (tertiary/aromatic N) is 1. The molecule has 9 heteroatoms. The molecule has 0 aromatic carbocycles. The minimum absolute atomic E-state index is 0.0284. The van der Waals surface area contributed by atoms with Crippen LogP contribution in [0.5, 0.6) is 0 Å². The van der Waals surface area contributed by atoms with Crippen molar-refractivity contribution >= 4 is 13.8 Å². The van der Waals surface area contributed by atoms with Gasteiger partial charge in [-0.25, -0.2) is 0 Å². The van der Waals surface area contributed by atoms with Crippen molar-refractivity contribution in [3.05, 3.63) is 12.2 Å². The Kier molecular flexibility index (Phi) is 36.6. The van der Waals surface area contributed by atoms with Gasteiger partial charge in [0.05, 0.1) is 34.4 Å². The Hall–Kier alpha value is -0.760. The van der Waals surface area contributed by atoms with Crippen LogP contribution in [0, 0.1) is 0 Å². The van der Waals surface area contributed by atoms with Crippen LogP contribution in [0.2, 0.25) is 0 Å². The van der Waals surface area contributed by atoms with Gasteiger partial charge in [-0.15, -0.1) is 0 Å². The lowest BCUT2D eigenvalue weighted by Crippen LogP contribution is -2.37. The van der Waals surface area contributed by atoms with Gasteiger partial charge in [-0.05, 0) is 38.5 Å². The summed E-state index contributed by atoms with van der Waals surface area (Å²) in [5.74, 6) is -0.336. The number of carbonyl (C=O) groups is 1. The van der Waals surface area contributed by atoms with Crippen LogP contribution >= 0.6 is 7.82 Å². The van der Waals surface area contributed by atoms with Crippen LogP contribution < -0.4 is 4.89 Å². The fraction of sp³-hybridized carbons (Fsp3) is 0.930. The summed E-state index contributed by atoms with van der Waals surface area (Å²) in [6.45, 7) is 5.43. The minimum atomic E-state index is -4.52. The van der Waals surface area contributed by atoms with E-state index in [4.69, 9.17) is 18.5 Å². The maximum Gasteiger partial charge on any atom is 0.306 e. The van der Waals surface area contributed by atoms with Gasteiger partial charge in [-0.1, -0.05) is 167 Å². The predicted octanol–water partition coefficient (Wildman–Crippen LogP) is 12.0. The van der Waals surface area contributed by atoms with Crippen LogP contribution in [0.4, 0.5) is 0 Å². The van der Waals surface area contributed by atoms with Crippen LogP contribution in [0.1, 0.15) is 200 Å². The molecule has 0 radical (unpaired) electrons. The molecule has 0 aromatic heterocycles. The van der Waals surface area contributed by atoms with Crippen LogP contribution in [0.15, 0.2) is 12.2 Å². The summed E-state index contributed by atoms with van der Waals surface area (Å²) in [5, 5.41) is 0. The SMILES string of the molecule is CCCCCCCC/C=C\CCCCCCCCCC(=O)OC(COCCCCCCCCCCCCCCC)COP(=O)([O-])OCC[N+](C)(C)C. The lowest BCUT2D eigenvalue weighted by molar-refractivity contribution is -0.870. The number of hydrogen-bond acceptors (Lipinski definition) is 7. The molecule has 310 valence electrons. The van der Waals surface area contributed by atoms with Gasteiger partial charge in [-0.3, -0.25) is 9.36 Å². The molecular formula is C43H86NO7P. The second-order valence-corrected chi connectivity index (χ2v) is 17.5. The molecule has 0 bridgehead atoms. The lowest BCUT2D eigenvalue weighted by Gasteiger charge is -2.28. The highest BCUT2D eigenvalue weighted by molar-refractivity contribution is 7.45. The maximum atomic E-state index is 12.7. The Morgan fingerprint density at radius 2 is 1.00 bits per heavy atom. The summed E-state index contributed by atoms with van der Waals surface area (Å²) in [6.07, 6.45) is 39.3. The first-order valence-electron chi connectivity index (χ1n) is 21.9. The van der Waals surface area contributed by atoms with Crippen molar-refractivity contribution in [2.45, 2.75) is 206 Å². The third-order valence-electron chi connectivity index (χ3n) is 9.57. The molecule has 0 rings (SSSR count). The molecule has 0 fully saturated rings. The van der Waals surface area contributed by atoms with E-state index in [0.717, 1.165) is 32.1 Å². The monoisotopic (exact) mass is 760 g/mol. The number of phosphoric ester groups is 1. The third kappa shape index (κ3) is 40.4. The summed E-state index contributed by atoms with van der Waals surface area (Å²) in [6, 6.07) is 0. The Morgan fingerprint density at radius 1 is 0.577 bits per heavy atom. The Morgan fingerprint density at radius 3 is 1.46 bits per heavy atom. The number of likely N-dealkylation sites (N-methyl/N-ethyl adjacent to an activating group) is 1. The molecule has 0 saturated heterocycles. The van der Waals surface area contributed by atoms with E-state index in [1.54, 1.807) is 0 Å². The molecule has 0 aromatic rings. The van der Waals surface area contributed by atoms with Gasteiger partial charge >= 0.3 is 5.97 Å². The van der Waals surface area contributed by atoms with Gasteiger partial charge in [0.1, 0.15) is 19.3 Å². The zero-order chi connectivity index (χ0) is 38.4. The Balaban J connectivity index is 4.21. The molecule has 52 heavy (non-hydrogen) atoms. The molecule has 0 aliphatic heterocycles. The standard InChI is InChI=1S/C43H86NO7P/c1-6-8-10-12-14-16-18-20-21-22-23-24-26-28-30-32-34-36-43(45)51-42(41-50-52(46,47)49-39-37-44(3,4)5)40-48-38-35-33-31-29-27-25-19-17-15-13-11-9-7-2/h20-21,42H,6-19,22-41H2,1-5H3/b21-20-. The minimum Gasteiger partial charge on any atom is -0.756 e. The van der Waals surface area contributed by atoms with Crippen molar-refractivity contribution in [3.63, 3.8) is 0 Å². The number of rotatable bonds is 41. The van der Waals surface area contributed by atoms with E-state index in [-0.39, 0.29) is 25.8 Å². The number of phosphoric acid groups is 1. The number of allylic oxidation sites excluding steroid dienone is 2. The van der Waals surface area contributed by atoms with Gasteiger partial charge in [0.25, 0.3) is 7.82 Å². The van der Waals surface area contributed by atoms with E-state index in [9.17, 15) is 14.3 Å². The van der Waals surface area contributed by atoms with Crippen molar-refractivity contribution in [1.82, 2.24) is 0 Å². The molecule has 2 atom stereocenters. The molecule has 0 aliphatic carbocycles. The van der Waals surface area contributed by atoms with E-state index in [1.807, 2.05) is 21.1 Å². The molecule has 0 N–H and O–H groups in total. The first-order chi connectivity index (χ1) is 25.1. The van der Waals surface area contributed by atoms with Crippen molar-refractivity contribution in [2.24, 2.45) is 0 Å². The smallest absolute Gasteiger partial charge is 0.306 e. The average molecular weight is 760 g/mol. The van der Waals surface area contributed by atoms with E-state index in [0.29, 0.717) is 24.1 Å². The summed E-state index contributed by atoms with van der Waals surface area (Å²) >= 11 is 0. The lowest BCUT2D eigenvalue weighted by atomic mass is 10.0. The molecule has 0 aliphatic rings. The van der Waals surface area contributed by atoms with E-state index >= 15 is 0 Å². The van der Waals surface area contributed by atoms with Gasteiger partial charge in [0, 0.05) is 13.0 Å². The third-order valence-corrected chi connectivity index (χ3v) is 10.5. The van der Waals surface area contributed by atoms with Gasteiger partial charge < -0.3 is 27.9 Å². The zero-order valence-corrected chi connectivity index (χ0v) is 35.9. The molecular weight excluding hydrogens is 673 g/mol. The number of unbranched alkanes of at least 4 members (excludes halogenated alkanes) is 25. The second-order valence-electron chi connectivity index (χ2n) is 16.1. The van der Waals surface area contributed by atoms with Crippen molar-refractivity contribution in [3.8, 4) is 0 Å². The van der Waals surface area contributed by atoms with Crippen LogP contribution in [-0.2, 0) is 27.9 Å². The summed E-state index contributed by atoms with van der Waals surface area (Å²) in [7, 11) is 1.36. The molecule has 0 amide bonds. The number of quaternary nitrogens is 1. The number of hydrogen-bond donors (Lipinski definition) is 0. The Labute approximate surface area is 322 Å². The van der Waals surface area contributed by atoms with E-state index in [1.165, 1.54) is 148 Å². The maximum absolute atomic E-state index is 12.7. The number of esters is 1. The molecule has 2 unspecified atom stereocenters. The highest BCUT2D eigenvalue weighted by Gasteiger charge is 2.20. The van der Waals surface area contributed by atoms with E-state index < -0.39 is 13.9 Å². The molecule has 0 spiro atoms. The first-order valence-corrected chi connectivity index (χ1v) is 23.4.